The summed E-state index contributed by atoms with van der Waals surface area (Å²) < 4.78 is 15.7. The number of carbonyl (C=O) groups excluding carboxylic acids is 3. The number of benzene rings is 3. The van der Waals surface area contributed by atoms with E-state index >= 15 is 0 Å². The van der Waals surface area contributed by atoms with Crippen molar-refractivity contribution in [3.05, 3.63) is 114 Å². The SMILES string of the molecule is C=CCOC(=O)c1cc(C(=O)OCc2ccccc2)cc(C(=O)Oc2ccccc2)c1. The first kappa shape index (κ1) is 21.5. The molecule has 0 aromatic heterocycles. The summed E-state index contributed by atoms with van der Waals surface area (Å²) in [7, 11) is 0. The Labute approximate surface area is 179 Å². The van der Waals surface area contributed by atoms with Gasteiger partial charge in [0, 0.05) is 0 Å². The van der Waals surface area contributed by atoms with E-state index in [0.29, 0.717) is 5.75 Å². The molecule has 0 saturated heterocycles. The lowest BCUT2D eigenvalue weighted by Crippen LogP contribution is -2.14. The Bertz CT molecular complexity index is 1070. The molecule has 0 saturated carbocycles. The van der Waals surface area contributed by atoms with Crippen molar-refractivity contribution in [3.8, 4) is 5.75 Å². The molecule has 0 bridgehead atoms. The number of para-hydroxylation sites is 1. The summed E-state index contributed by atoms with van der Waals surface area (Å²) in [5.74, 6) is -1.77. The van der Waals surface area contributed by atoms with Gasteiger partial charge >= 0.3 is 17.9 Å². The monoisotopic (exact) mass is 416 g/mol. The molecule has 156 valence electrons. The van der Waals surface area contributed by atoms with E-state index in [1.165, 1.54) is 24.3 Å². The number of hydrogen-bond donors (Lipinski definition) is 0. The zero-order chi connectivity index (χ0) is 22.1. The molecular formula is C25H20O6. The van der Waals surface area contributed by atoms with Crippen LogP contribution in [0.2, 0.25) is 0 Å². The Kier molecular flexibility index (Phi) is 7.32. The molecular weight excluding hydrogens is 396 g/mol. The molecule has 0 unspecified atom stereocenters. The molecule has 0 radical (unpaired) electrons. The third-order valence-electron chi connectivity index (χ3n) is 4.14. The zero-order valence-corrected chi connectivity index (χ0v) is 16.7. The van der Waals surface area contributed by atoms with E-state index in [0.717, 1.165) is 5.56 Å². The van der Waals surface area contributed by atoms with E-state index < -0.39 is 17.9 Å². The maximum atomic E-state index is 12.6. The number of hydrogen-bond acceptors (Lipinski definition) is 6. The molecule has 0 aliphatic rings. The molecule has 3 aromatic rings. The second-order valence-corrected chi connectivity index (χ2v) is 6.45. The highest BCUT2D eigenvalue weighted by atomic mass is 16.5. The van der Waals surface area contributed by atoms with E-state index in [1.54, 1.807) is 30.3 Å². The van der Waals surface area contributed by atoms with Gasteiger partial charge in [0.15, 0.2) is 0 Å². The Morgan fingerprint density at radius 1 is 0.710 bits per heavy atom. The molecule has 3 aromatic carbocycles. The van der Waals surface area contributed by atoms with Crippen LogP contribution in [-0.2, 0) is 16.1 Å². The lowest BCUT2D eigenvalue weighted by molar-refractivity contribution is 0.0472. The van der Waals surface area contributed by atoms with Crippen LogP contribution in [0.3, 0.4) is 0 Å². The van der Waals surface area contributed by atoms with Gasteiger partial charge in [-0.15, -0.1) is 0 Å². The van der Waals surface area contributed by atoms with Crippen molar-refractivity contribution in [3.63, 3.8) is 0 Å². The molecule has 6 nitrogen and oxygen atoms in total. The molecule has 0 amide bonds. The molecule has 31 heavy (non-hydrogen) atoms. The molecule has 3 rings (SSSR count). The number of ether oxygens (including phenoxy) is 3. The van der Waals surface area contributed by atoms with Gasteiger partial charge in [0.25, 0.3) is 0 Å². The largest absolute Gasteiger partial charge is 0.458 e. The topological polar surface area (TPSA) is 78.9 Å². The second-order valence-electron chi connectivity index (χ2n) is 6.45. The van der Waals surface area contributed by atoms with Crippen LogP contribution in [0.5, 0.6) is 5.75 Å². The molecule has 6 heteroatoms. The number of carbonyl (C=O) groups is 3. The minimum Gasteiger partial charge on any atom is -0.458 e. The Morgan fingerprint density at radius 3 is 1.81 bits per heavy atom. The lowest BCUT2D eigenvalue weighted by Gasteiger charge is -2.10. The molecule has 0 aliphatic heterocycles. The first-order chi connectivity index (χ1) is 15.1. The molecule has 0 fully saturated rings. The third kappa shape index (κ3) is 6.14. The quantitative estimate of drug-likeness (QED) is 0.303. The van der Waals surface area contributed by atoms with Crippen LogP contribution in [0.4, 0.5) is 0 Å². The van der Waals surface area contributed by atoms with Crippen molar-refractivity contribution in [1.29, 1.82) is 0 Å². The molecule has 0 N–H and O–H groups in total. The van der Waals surface area contributed by atoms with E-state index in [9.17, 15) is 14.4 Å². The summed E-state index contributed by atoms with van der Waals surface area (Å²) in [6.07, 6.45) is 1.42. The molecule has 0 aliphatic carbocycles. The fourth-order valence-electron chi connectivity index (χ4n) is 2.66. The summed E-state index contributed by atoms with van der Waals surface area (Å²) >= 11 is 0. The van der Waals surface area contributed by atoms with Crippen LogP contribution < -0.4 is 4.74 Å². The number of esters is 3. The van der Waals surface area contributed by atoms with Crippen LogP contribution >= 0.6 is 0 Å². The Hall–Kier alpha value is -4.19. The predicted molar refractivity (Wildman–Crippen MR) is 114 cm³/mol. The van der Waals surface area contributed by atoms with Crippen molar-refractivity contribution in [2.24, 2.45) is 0 Å². The summed E-state index contributed by atoms with van der Waals surface area (Å²) in [6.45, 7) is 3.53. The Morgan fingerprint density at radius 2 is 1.23 bits per heavy atom. The van der Waals surface area contributed by atoms with Gasteiger partial charge in [-0.1, -0.05) is 61.2 Å². The van der Waals surface area contributed by atoms with Crippen molar-refractivity contribution >= 4 is 17.9 Å². The zero-order valence-electron chi connectivity index (χ0n) is 16.7. The van der Waals surface area contributed by atoms with Crippen LogP contribution in [0.15, 0.2) is 91.5 Å². The van der Waals surface area contributed by atoms with E-state index in [1.807, 2.05) is 30.3 Å². The van der Waals surface area contributed by atoms with Crippen molar-refractivity contribution in [1.82, 2.24) is 0 Å². The predicted octanol–water partition coefficient (Wildman–Crippen LogP) is 4.61. The van der Waals surface area contributed by atoms with E-state index in [2.05, 4.69) is 6.58 Å². The molecule has 0 spiro atoms. The molecule has 0 heterocycles. The standard InChI is InChI=1S/C25H20O6/c1-2-13-29-23(26)19-14-20(24(27)30-17-18-9-5-3-6-10-18)16-21(15-19)25(28)31-22-11-7-4-8-12-22/h2-12,14-16H,1,13,17H2. The van der Waals surface area contributed by atoms with Gasteiger partial charge in [-0.2, -0.15) is 0 Å². The van der Waals surface area contributed by atoms with Gasteiger partial charge in [-0.05, 0) is 35.9 Å². The summed E-state index contributed by atoms with van der Waals surface area (Å²) in [6, 6.07) is 21.6. The van der Waals surface area contributed by atoms with Crippen molar-refractivity contribution < 1.29 is 28.6 Å². The summed E-state index contributed by atoms with van der Waals surface area (Å²) in [4.78, 5) is 37.5. The fourth-order valence-corrected chi connectivity index (χ4v) is 2.66. The average Bonchev–Trinajstić information content (AvgIpc) is 2.82. The maximum absolute atomic E-state index is 12.6. The first-order valence-electron chi connectivity index (χ1n) is 9.48. The van der Waals surface area contributed by atoms with Gasteiger partial charge in [0.05, 0.1) is 16.7 Å². The molecule has 0 atom stereocenters. The highest BCUT2D eigenvalue weighted by Gasteiger charge is 2.19. The highest BCUT2D eigenvalue weighted by molar-refractivity contribution is 6.01. The maximum Gasteiger partial charge on any atom is 0.343 e. The number of rotatable bonds is 8. The highest BCUT2D eigenvalue weighted by Crippen LogP contribution is 2.17. The average molecular weight is 416 g/mol. The minimum absolute atomic E-state index is 0.00862. The summed E-state index contributed by atoms with van der Waals surface area (Å²) in [5, 5.41) is 0. The van der Waals surface area contributed by atoms with Gasteiger partial charge in [-0.25, -0.2) is 14.4 Å². The van der Waals surface area contributed by atoms with Gasteiger partial charge in [0.1, 0.15) is 19.0 Å². The fraction of sp³-hybridized carbons (Fsp3) is 0.0800. The second kappa shape index (κ2) is 10.5. The normalized spacial score (nSPS) is 10.1. The van der Waals surface area contributed by atoms with Crippen molar-refractivity contribution in [2.45, 2.75) is 6.61 Å². The first-order valence-corrected chi connectivity index (χ1v) is 9.48. The summed E-state index contributed by atoms with van der Waals surface area (Å²) in [5.41, 5.74) is 0.879. The Balaban J connectivity index is 1.85. The van der Waals surface area contributed by atoms with Crippen LogP contribution in [0.25, 0.3) is 0 Å². The van der Waals surface area contributed by atoms with Crippen LogP contribution in [0.1, 0.15) is 36.6 Å². The van der Waals surface area contributed by atoms with Gasteiger partial charge in [-0.3, -0.25) is 0 Å². The van der Waals surface area contributed by atoms with Crippen LogP contribution in [-0.4, -0.2) is 24.5 Å². The van der Waals surface area contributed by atoms with Gasteiger partial charge in [0.2, 0.25) is 0 Å². The van der Waals surface area contributed by atoms with E-state index in [-0.39, 0.29) is 29.9 Å². The van der Waals surface area contributed by atoms with Crippen molar-refractivity contribution in [2.75, 3.05) is 6.61 Å². The minimum atomic E-state index is -0.721. The third-order valence-corrected chi connectivity index (χ3v) is 4.14. The van der Waals surface area contributed by atoms with Crippen LogP contribution in [0, 0.1) is 0 Å². The lowest BCUT2D eigenvalue weighted by atomic mass is 10.1. The van der Waals surface area contributed by atoms with Gasteiger partial charge < -0.3 is 14.2 Å². The van der Waals surface area contributed by atoms with E-state index in [4.69, 9.17) is 14.2 Å². The smallest absolute Gasteiger partial charge is 0.343 e.